The van der Waals surface area contributed by atoms with Crippen LogP contribution in [-0.2, 0) is 13.2 Å². The maximum Gasteiger partial charge on any atom is 0.265 e. The largest absolute Gasteiger partial charge is 0.489 e. The highest BCUT2D eigenvalue weighted by molar-refractivity contribution is 9.10. The van der Waals surface area contributed by atoms with E-state index in [0.717, 1.165) is 27.0 Å². The van der Waals surface area contributed by atoms with Gasteiger partial charge in [0.2, 0.25) is 0 Å². The Balaban J connectivity index is 1.37. The lowest BCUT2D eigenvalue weighted by Crippen LogP contribution is -2.10. The van der Waals surface area contributed by atoms with Crippen molar-refractivity contribution in [1.29, 1.82) is 0 Å². The summed E-state index contributed by atoms with van der Waals surface area (Å²) in [4.78, 5) is 13.4. The predicted octanol–water partition coefficient (Wildman–Crippen LogP) is 6.20. The third-order valence-electron chi connectivity index (χ3n) is 4.61. The molecule has 0 saturated carbocycles. The number of rotatable bonds is 7. The van der Waals surface area contributed by atoms with Crippen LogP contribution in [0.4, 0.5) is 5.69 Å². The second-order valence-electron chi connectivity index (χ2n) is 7.44. The van der Waals surface area contributed by atoms with Crippen molar-refractivity contribution in [1.82, 2.24) is 9.78 Å². The standard InChI is InChI=1S/C24H22BrN3O2S/c1-16-6-17(2)8-22(7-16)30-14-19-10-23(31-15-19)24(29)27-21-5-3-4-18(9-21)12-28-13-20(25)11-26-28/h3-11,13,15H,12,14H2,1-2H3,(H,27,29). The zero-order valence-corrected chi connectivity index (χ0v) is 19.7. The van der Waals surface area contributed by atoms with Gasteiger partial charge in [0.1, 0.15) is 12.4 Å². The highest BCUT2D eigenvalue weighted by atomic mass is 79.9. The SMILES string of the molecule is Cc1cc(C)cc(OCc2csc(C(=O)Nc3cccc(Cn4cc(Br)cn4)c3)c2)c1. The van der Waals surface area contributed by atoms with Gasteiger partial charge in [-0.1, -0.05) is 18.2 Å². The Kier molecular flexibility index (Phi) is 6.53. The Hall–Kier alpha value is -2.90. The van der Waals surface area contributed by atoms with E-state index in [1.807, 2.05) is 58.7 Å². The van der Waals surface area contributed by atoms with Crippen LogP contribution in [0.2, 0.25) is 0 Å². The van der Waals surface area contributed by atoms with E-state index >= 15 is 0 Å². The summed E-state index contributed by atoms with van der Waals surface area (Å²) in [5, 5.41) is 9.22. The van der Waals surface area contributed by atoms with Gasteiger partial charge in [-0.2, -0.15) is 5.10 Å². The number of thiophene rings is 1. The maximum absolute atomic E-state index is 12.7. The van der Waals surface area contributed by atoms with Crippen LogP contribution in [0, 0.1) is 13.8 Å². The molecule has 0 radical (unpaired) electrons. The van der Waals surface area contributed by atoms with Crippen molar-refractivity contribution in [3.8, 4) is 5.75 Å². The number of amides is 1. The van der Waals surface area contributed by atoms with Gasteiger partial charge in [0.15, 0.2) is 0 Å². The zero-order chi connectivity index (χ0) is 21.8. The predicted molar refractivity (Wildman–Crippen MR) is 128 cm³/mol. The molecule has 0 aliphatic rings. The minimum absolute atomic E-state index is 0.123. The third-order valence-corrected chi connectivity index (χ3v) is 6.00. The smallest absolute Gasteiger partial charge is 0.265 e. The molecular formula is C24H22BrN3O2S. The van der Waals surface area contributed by atoms with Gasteiger partial charge in [-0.05, 0) is 82.2 Å². The van der Waals surface area contributed by atoms with Crippen LogP contribution in [0.1, 0.15) is 31.9 Å². The van der Waals surface area contributed by atoms with Crippen molar-refractivity contribution in [2.45, 2.75) is 27.0 Å². The number of aromatic nitrogens is 2. The molecule has 0 saturated heterocycles. The van der Waals surface area contributed by atoms with E-state index in [2.05, 4.69) is 46.3 Å². The first kappa shape index (κ1) is 21.3. The van der Waals surface area contributed by atoms with Crippen molar-refractivity contribution in [3.63, 3.8) is 0 Å². The number of nitrogens with one attached hydrogen (secondary N) is 1. The summed E-state index contributed by atoms with van der Waals surface area (Å²) in [6.07, 6.45) is 3.67. The average molecular weight is 496 g/mol. The summed E-state index contributed by atoms with van der Waals surface area (Å²) in [6.45, 7) is 5.17. The van der Waals surface area contributed by atoms with Crippen molar-refractivity contribution < 1.29 is 9.53 Å². The first-order valence-corrected chi connectivity index (χ1v) is 11.5. The van der Waals surface area contributed by atoms with E-state index in [9.17, 15) is 4.79 Å². The molecule has 4 aromatic rings. The molecular weight excluding hydrogens is 474 g/mol. The molecule has 2 aromatic heterocycles. The molecule has 31 heavy (non-hydrogen) atoms. The van der Waals surface area contributed by atoms with Crippen LogP contribution in [0.5, 0.6) is 5.75 Å². The number of hydrogen-bond donors (Lipinski definition) is 1. The molecule has 2 aromatic carbocycles. The van der Waals surface area contributed by atoms with Crippen LogP contribution in [0.15, 0.2) is 70.8 Å². The first-order chi connectivity index (χ1) is 14.9. The number of benzene rings is 2. The Morgan fingerprint density at radius 1 is 1.13 bits per heavy atom. The summed E-state index contributed by atoms with van der Waals surface area (Å²) in [5.74, 6) is 0.720. The molecule has 7 heteroatoms. The number of nitrogens with zero attached hydrogens (tertiary/aromatic N) is 2. The van der Waals surface area contributed by atoms with Gasteiger partial charge in [-0.25, -0.2) is 0 Å². The lowest BCUT2D eigenvalue weighted by Gasteiger charge is -2.07. The van der Waals surface area contributed by atoms with Gasteiger partial charge in [-0.3, -0.25) is 9.48 Å². The van der Waals surface area contributed by atoms with Crippen LogP contribution >= 0.6 is 27.3 Å². The maximum atomic E-state index is 12.7. The van der Waals surface area contributed by atoms with Gasteiger partial charge >= 0.3 is 0 Å². The molecule has 2 heterocycles. The Morgan fingerprint density at radius 3 is 2.68 bits per heavy atom. The van der Waals surface area contributed by atoms with Crippen molar-refractivity contribution >= 4 is 38.9 Å². The minimum atomic E-state index is -0.123. The monoisotopic (exact) mass is 495 g/mol. The van der Waals surface area contributed by atoms with Gasteiger partial charge in [-0.15, -0.1) is 11.3 Å². The lowest BCUT2D eigenvalue weighted by atomic mass is 10.1. The highest BCUT2D eigenvalue weighted by Gasteiger charge is 2.11. The fourth-order valence-electron chi connectivity index (χ4n) is 3.31. The summed E-state index contributed by atoms with van der Waals surface area (Å²) in [7, 11) is 0. The van der Waals surface area contributed by atoms with Crippen LogP contribution < -0.4 is 10.1 Å². The molecule has 5 nitrogen and oxygen atoms in total. The van der Waals surface area contributed by atoms with E-state index in [4.69, 9.17) is 4.74 Å². The number of ether oxygens (including phenoxy) is 1. The Labute approximate surface area is 193 Å². The molecule has 0 bridgehead atoms. The number of anilines is 1. The molecule has 1 amide bonds. The lowest BCUT2D eigenvalue weighted by molar-refractivity contribution is 0.103. The Bertz CT molecular complexity index is 1190. The first-order valence-electron chi connectivity index (χ1n) is 9.81. The number of aryl methyl sites for hydroxylation is 2. The number of hydrogen-bond acceptors (Lipinski definition) is 4. The van der Waals surface area contributed by atoms with Crippen LogP contribution in [-0.4, -0.2) is 15.7 Å². The second-order valence-corrected chi connectivity index (χ2v) is 9.27. The van der Waals surface area contributed by atoms with E-state index < -0.39 is 0 Å². The molecule has 0 unspecified atom stereocenters. The van der Waals surface area contributed by atoms with Crippen molar-refractivity contribution in [2.24, 2.45) is 0 Å². The van der Waals surface area contributed by atoms with E-state index in [0.29, 0.717) is 18.0 Å². The number of carbonyl (C=O) groups is 1. The zero-order valence-electron chi connectivity index (χ0n) is 17.3. The van der Waals surface area contributed by atoms with Crippen molar-refractivity contribution in [3.05, 3.63) is 97.9 Å². The molecule has 4 rings (SSSR count). The Morgan fingerprint density at radius 2 is 1.94 bits per heavy atom. The average Bonchev–Trinajstić information content (AvgIpc) is 3.35. The molecule has 0 aliphatic heterocycles. The van der Waals surface area contributed by atoms with Crippen LogP contribution in [0.25, 0.3) is 0 Å². The van der Waals surface area contributed by atoms with Gasteiger partial charge in [0, 0.05) is 17.4 Å². The quantitative estimate of drug-likeness (QED) is 0.331. The fraction of sp³-hybridized carbons (Fsp3) is 0.167. The molecule has 0 atom stereocenters. The number of carbonyl (C=O) groups excluding carboxylic acids is 1. The third kappa shape index (κ3) is 5.83. The topological polar surface area (TPSA) is 56.1 Å². The van der Waals surface area contributed by atoms with Crippen molar-refractivity contribution in [2.75, 3.05) is 5.32 Å². The van der Waals surface area contributed by atoms with Crippen LogP contribution in [0.3, 0.4) is 0 Å². The minimum Gasteiger partial charge on any atom is -0.489 e. The molecule has 1 N–H and O–H groups in total. The summed E-state index contributed by atoms with van der Waals surface area (Å²) in [5.41, 5.74) is 5.13. The molecule has 0 aliphatic carbocycles. The molecule has 0 spiro atoms. The molecule has 158 valence electrons. The molecule has 0 fully saturated rings. The fourth-order valence-corrected chi connectivity index (χ4v) is 4.43. The second kappa shape index (κ2) is 9.49. The summed E-state index contributed by atoms with van der Waals surface area (Å²) >= 11 is 4.82. The van der Waals surface area contributed by atoms with Gasteiger partial charge in [0.25, 0.3) is 5.91 Å². The van der Waals surface area contributed by atoms with E-state index in [-0.39, 0.29) is 5.91 Å². The summed E-state index contributed by atoms with van der Waals surface area (Å²) in [6, 6.07) is 15.8. The summed E-state index contributed by atoms with van der Waals surface area (Å²) < 4.78 is 8.68. The van der Waals surface area contributed by atoms with Gasteiger partial charge < -0.3 is 10.1 Å². The van der Waals surface area contributed by atoms with Gasteiger partial charge in [0.05, 0.1) is 22.1 Å². The van der Waals surface area contributed by atoms with E-state index in [1.54, 1.807) is 6.20 Å². The highest BCUT2D eigenvalue weighted by Crippen LogP contribution is 2.21. The normalized spacial score (nSPS) is 10.8. The van der Waals surface area contributed by atoms with E-state index in [1.165, 1.54) is 22.5 Å². The number of halogens is 1.